The van der Waals surface area contributed by atoms with Crippen LogP contribution in [-0.4, -0.2) is 26.1 Å². The molecule has 1 rings (SSSR count). The highest BCUT2D eigenvalue weighted by molar-refractivity contribution is 7.91. The second-order valence-corrected chi connectivity index (χ2v) is 6.81. The number of carbonyl (C=O) groups is 1. The van der Waals surface area contributed by atoms with Crippen molar-refractivity contribution in [3.63, 3.8) is 0 Å². The molecular formula is C13H19NO3S. The lowest BCUT2D eigenvalue weighted by atomic mass is 10.2. The average Bonchev–Trinajstić information content (AvgIpc) is 2.13. The summed E-state index contributed by atoms with van der Waals surface area (Å²) in [5.74, 6) is -1.00. The number of benzene rings is 1. The summed E-state index contributed by atoms with van der Waals surface area (Å²) in [4.78, 5) is 11.4. The van der Waals surface area contributed by atoms with Crippen LogP contribution in [0.2, 0.25) is 0 Å². The van der Waals surface area contributed by atoms with Crippen LogP contribution in [-0.2, 0) is 20.4 Å². The molecule has 0 bridgehead atoms. The first-order chi connectivity index (χ1) is 8.28. The maximum absolute atomic E-state index is 11.8. The molecule has 0 atom stereocenters. The fraction of sp³-hybridized carbons (Fsp3) is 0.462. The van der Waals surface area contributed by atoms with E-state index in [4.69, 9.17) is 0 Å². The van der Waals surface area contributed by atoms with Gasteiger partial charge in [-0.25, -0.2) is 8.42 Å². The molecule has 0 aliphatic carbocycles. The fourth-order valence-corrected chi connectivity index (χ4v) is 2.94. The second-order valence-electron chi connectivity index (χ2n) is 4.74. The van der Waals surface area contributed by atoms with Crippen molar-refractivity contribution in [2.45, 2.75) is 32.6 Å². The van der Waals surface area contributed by atoms with E-state index in [-0.39, 0.29) is 11.8 Å². The standard InChI is InChI=1S/C13H19NO3S/c1-10(2)14-13(15)9-18(16,17)8-12-6-4-5-11(3)7-12/h4-7,10H,8-9H2,1-3H3,(H,14,15). The summed E-state index contributed by atoms with van der Waals surface area (Å²) < 4.78 is 23.7. The number of carbonyl (C=O) groups excluding carboxylic acids is 1. The Morgan fingerprint density at radius 2 is 2.00 bits per heavy atom. The number of hydrogen-bond donors (Lipinski definition) is 1. The Hall–Kier alpha value is -1.36. The molecule has 0 aliphatic rings. The minimum Gasteiger partial charge on any atom is -0.353 e. The van der Waals surface area contributed by atoms with Crippen LogP contribution in [0.15, 0.2) is 24.3 Å². The number of rotatable bonds is 5. The molecule has 0 saturated heterocycles. The zero-order chi connectivity index (χ0) is 13.8. The van der Waals surface area contributed by atoms with Crippen LogP contribution >= 0.6 is 0 Å². The molecule has 0 aliphatic heterocycles. The van der Waals surface area contributed by atoms with Gasteiger partial charge in [0, 0.05) is 6.04 Å². The monoisotopic (exact) mass is 269 g/mol. The van der Waals surface area contributed by atoms with Gasteiger partial charge in [0.1, 0.15) is 5.75 Å². The zero-order valence-corrected chi connectivity index (χ0v) is 11.8. The van der Waals surface area contributed by atoms with Gasteiger partial charge >= 0.3 is 0 Å². The van der Waals surface area contributed by atoms with Crippen molar-refractivity contribution < 1.29 is 13.2 Å². The molecule has 100 valence electrons. The summed E-state index contributed by atoms with van der Waals surface area (Å²) in [6.07, 6.45) is 0. The molecule has 5 heteroatoms. The Morgan fingerprint density at radius 3 is 2.56 bits per heavy atom. The number of nitrogens with one attached hydrogen (secondary N) is 1. The van der Waals surface area contributed by atoms with Crippen molar-refractivity contribution in [2.24, 2.45) is 0 Å². The highest BCUT2D eigenvalue weighted by Crippen LogP contribution is 2.09. The van der Waals surface area contributed by atoms with Crippen molar-refractivity contribution >= 4 is 15.7 Å². The number of sulfone groups is 1. The molecule has 1 N–H and O–H groups in total. The minimum atomic E-state index is -3.41. The third kappa shape index (κ3) is 5.31. The molecule has 1 aromatic carbocycles. The lowest BCUT2D eigenvalue weighted by Crippen LogP contribution is -2.35. The lowest BCUT2D eigenvalue weighted by Gasteiger charge is -2.09. The van der Waals surface area contributed by atoms with E-state index < -0.39 is 21.5 Å². The third-order valence-electron chi connectivity index (χ3n) is 2.27. The fourth-order valence-electron chi connectivity index (χ4n) is 1.67. The Labute approximate surface area is 108 Å². The molecule has 0 heterocycles. The molecular weight excluding hydrogens is 250 g/mol. The smallest absolute Gasteiger partial charge is 0.235 e. The first-order valence-electron chi connectivity index (χ1n) is 5.84. The minimum absolute atomic E-state index is 0.0494. The van der Waals surface area contributed by atoms with Gasteiger partial charge in [-0.05, 0) is 26.3 Å². The van der Waals surface area contributed by atoms with Gasteiger partial charge < -0.3 is 5.32 Å². The van der Waals surface area contributed by atoms with E-state index in [0.717, 1.165) is 5.56 Å². The first-order valence-corrected chi connectivity index (χ1v) is 7.66. The van der Waals surface area contributed by atoms with Gasteiger partial charge in [-0.3, -0.25) is 4.79 Å². The summed E-state index contributed by atoms with van der Waals surface area (Å²) in [5.41, 5.74) is 1.72. The van der Waals surface area contributed by atoms with Crippen molar-refractivity contribution in [3.05, 3.63) is 35.4 Å². The van der Waals surface area contributed by atoms with E-state index in [9.17, 15) is 13.2 Å². The summed E-state index contributed by atoms with van der Waals surface area (Å²) >= 11 is 0. The van der Waals surface area contributed by atoms with Gasteiger partial charge in [0.05, 0.1) is 5.75 Å². The summed E-state index contributed by atoms with van der Waals surface area (Å²) in [5, 5.41) is 2.58. The van der Waals surface area contributed by atoms with Gasteiger partial charge in [0.2, 0.25) is 5.91 Å². The Kier molecular flexibility index (Phi) is 4.90. The van der Waals surface area contributed by atoms with E-state index in [1.807, 2.05) is 25.1 Å². The largest absolute Gasteiger partial charge is 0.353 e. The predicted octanol–water partition coefficient (Wildman–Crippen LogP) is 1.43. The molecule has 0 fully saturated rings. The third-order valence-corrected chi connectivity index (χ3v) is 3.74. The molecule has 1 aromatic rings. The van der Waals surface area contributed by atoms with Gasteiger partial charge in [0.15, 0.2) is 9.84 Å². The van der Waals surface area contributed by atoms with Gasteiger partial charge in [-0.2, -0.15) is 0 Å². The van der Waals surface area contributed by atoms with E-state index in [1.165, 1.54) is 0 Å². The van der Waals surface area contributed by atoms with Crippen molar-refractivity contribution in [1.29, 1.82) is 0 Å². The van der Waals surface area contributed by atoms with Gasteiger partial charge in [-0.1, -0.05) is 29.8 Å². The highest BCUT2D eigenvalue weighted by atomic mass is 32.2. The van der Waals surface area contributed by atoms with E-state index in [1.54, 1.807) is 19.9 Å². The predicted molar refractivity (Wildman–Crippen MR) is 71.9 cm³/mol. The van der Waals surface area contributed by atoms with Crippen LogP contribution < -0.4 is 5.32 Å². The molecule has 0 aromatic heterocycles. The Balaban J connectivity index is 2.68. The zero-order valence-electron chi connectivity index (χ0n) is 10.9. The molecule has 0 saturated carbocycles. The van der Waals surface area contributed by atoms with Crippen molar-refractivity contribution in [2.75, 3.05) is 5.75 Å². The van der Waals surface area contributed by atoms with Crippen LogP contribution in [0.25, 0.3) is 0 Å². The van der Waals surface area contributed by atoms with Crippen LogP contribution in [0.3, 0.4) is 0 Å². The topological polar surface area (TPSA) is 63.2 Å². The van der Waals surface area contributed by atoms with Crippen LogP contribution in [0.4, 0.5) is 0 Å². The first kappa shape index (κ1) is 14.7. The summed E-state index contributed by atoms with van der Waals surface area (Å²) in [7, 11) is -3.41. The van der Waals surface area contributed by atoms with Crippen molar-refractivity contribution in [3.8, 4) is 0 Å². The van der Waals surface area contributed by atoms with Gasteiger partial charge in [-0.15, -0.1) is 0 Å². The van der Waals surface area contributed by atoms with E-state index >= 15 is 0 Å². The Bertz CT molecular complexity index is 521. The van der Waals surface area contributed by atoms with E-state index in [0.29, 0.717) is 5.56 Å². The number of amides is 1. The molecule has 4 nitrogen and oxygen atoms in total. The average molecular weight is 269 g/mol. The molecule has 0 spiro atoms. The SMILES string of the molecule is Cc1cccc(CS(=O)(=O)CC(=O)NC(C)C)c1. The maximum Gasteiger partial charge on any atom is 0.235 e. The summed E-state index contributed by atoms with van der Waals surface area (Å²) in [6, 6.07) is 7.24. The maximum atomic E-state index is 11.8. The molecule has 0 unspecified atom stereocenters. The van der Waals surface area contributed by atoms with Gasteiger partial charge in [0.25, 0.3) is 0 Å². The molecule has 18 heavy (non-hydrogen) atoms. The Morgan fingerprint density at radius 1 is 1.33 bits per heavy atom. The molecule has 0 radical (unpaired) electrons. The van der Waals surface area contributed by atoms with Crippen LogP contribution in [0, 0.1) is 6.92 Å². The van der Waals surface area contributed by atoms with E-state index in [2.05, 4.69) is 5.32 Å². The second kappa shape index (κ2) is 6.00. The highest BCUT2D eigenvalue weighted by Gasteiger charge is 2.17. The summed E-state index contributed by atoms with van der Waals surface area (Å²) in [6.45, 7) is 5.50. The van der Waals surface area contributed by atoms with Crippen LogP contribution in [0.5, 0.6) is 0 Å². The van der Waals surface area contributed by atoms with Crippen molar-refractivity contribution in [1.82, 2.24) is 5.32 Å². The number of hydrogen-bond acceptors (Lipinski definition) is 3. The molecule has 1 amide bonds. The lowest BCUT2D eigenvalue weighted by molar-refractivity contribution is -0.119. The number of aryl methyl sites for hydroxylation is 1. The normalized spacial score (nSPS) is 11.6. The quantitative estimate of drug-likeness (QED) is 0.879. The van der Waals surface area contributed by atoms with Crippen LogP contribution in [0.1, 0.15) is 25.0 Å².